The fourth-order valence-electron chi connectivity index (χ4n) is 2.68. The summed E-state index contributed by atoms with van der Waals surface area (Å²) in [7, 11) is 1.36. The molecule has 4 nitrogen and oxygen atoms in total. The molecule has 0 aliphatic carbocycles. The second-order valence-electron chi connectivity index (χ2n) is 6.49. The first kappa shape index (κ1) is 15.5. The van der Waals surface area contributed by atoms with Crippen LogP contribution < -0.4 is 4.90 Å². The normalized spacial score (nSPS) is 19.5. The highest BCUT2D eigenvalue weighted by atomic mass is 16.5. The summed E-state index contributed by atoms with van der Waals surface area (Å²) < 4.78 is 4.83. The number of esters is 1. The maximum atomic E-state index is 12.2. The van der Waals surface area contributed by atoms with Crippen LogP contribution in [-0.4, -0.2) is 25.0 Å². The van der Waals surface area contributed by atoms with Crippen LogP contribution in [-0.2, 0) is 19.7 Å². The van der Waals surface area contributed by atoms with Crippen LogP contribution >= 0.6 is 0 Å². The number of piperidine rings is 1. The molecule has 0 saturated carbocycles. The number of amides is 1. The topological polar surface area (TPSA) is 46.6 Å². The van der Waals surface area contributed by atoms with Gasteiger partial charge in [-0.3, -0.25) is 9.69 Å². The monoisotopic (exact) mass is 289 g/mol. The Balaban J connectivity index is 2.32. The summed E-state index contributed by atoms with van der Waals surface area (Å²) in [5.41, 5.74) is 2.03. The summed E-state index contributed by atoms with van der Waals surface area (Å²) in [6, 6.07) is 7.37. The molecule has 0 bridgehead atoms. The molecule has 1 atom stereocenters. The number of rotatable bonds is 2. The molecule has 1 aliphatic heterocycles. The first-order chi connectivity index (χ1) is 9.84. The number of carbonyl (C=O) groups is 2. The molecule has 1 saturated heterocycles. The van der Waals surface area contributed by atoms with Gasteiger partial charge in [-0.2, -0.15) is 0 Å². The summed E-state index contributed by atoms with van der Waals surface area (Å²) in [6.45, 7) is 6.43. The Hall–Kier alpha value is -1.84. The molecule has 21 heavy (non-hydrogen) atoms. The zero-order valence-electron chi connectivity index (χ0n) is 13.2. The Kier molecular flexibility index (Phi) is 4.35. The van der Waals surface area contributed by atoms with Gasteiger partial charge in [0.05, 0.1) is 7.11 Å². The zero-order chi connectivity index (χ0) is 15.6. The lowest BCUT2D eigenvalue weighted by atomic mass is 9.87. The van der Waals surface area contributed by atoms with Gasteiger partial charge >= 0.3 is 5.97 Å². The molecule has 2 rings (SSSR count). The van der Waals surface area contributed by atoms with Gasteiger partial charge in [-0.05, 0) is 36.0 Å². The first-order valence-corrected chi connectivity index (χ1v) is 7.35. The number of methoxy groups -OCH3 is 1. The molecule has 1 aromatic rings. The van der Waals surface area contributed by atoms with Gasteiger partial charge in [0.15, 0.2) is 0 Å². The standard InChI is InChI=1S/C17H23NO3/c1-17(2,3)12-8-10-13(11-9-12)18-14(16(20)21-4)6-5-7-15(18)19/h8-11,14H,5-7H2,1-4H3. The predicted octanol–water partition coefficient (Wildman–Crippen LogP) is 3.04. The summed E-state index contributed by atoms with van der Waals surface area (Å²) >= 11 is 0. The van der Waals surface area contributed by atoms with E-state index in [-0.39, 0.29) is 17.3 Å². The molecule has 1 aliphatic rings. The first-order valence-electron chi connectivity index (χ1n) is 7.35. The SMILES string of the molecule is COC(=O)C1CCCC(=O)N1c1ccc(C(C)(C)C)cc1. The van der Waals surface area contributed by atoms with E-state index in [0.717, 1.165) is 12.1 Å². The lowest BCUT2D eigenvalue weighted by Gasteiger charge is -2.34. The number of carbonyl (C=O) groups excluding carboxylic acids is 2. The molecular weight excluding hydrogens is 266 g/mol. The van der Waals surface area contributed by atoms with Crippen molar-refractivity contribution >= 4 is 17.6 Å². The lowest BCUT2D eigenvalue weighted by molar-refractivity contribution is -0.144. The van der Waals surface area contributed by atoms with E-state index in [0.29, 0.717) is 12.8 Å². The van der Waals surface area contributed by atoms with E-state index >= 15 is 0 Å². The predicted molar refractivity (Wildman–Crippen MR) is 82.3 cm³/mol. The van der Waals surface area contributed by atoms with Crippen molar-refractivity contribution in [1.82, 2.24) is 0 Å². The smallest absolute Gasteiger partial charge is 0.328 e. The molecule has 1 heterocycles. The number of nitrogens with zero attached hydrogens (tertiary/aromatic N) is 1. The lowest BCUT2D eigenvalue weighted by Crippen LogP contribution is -2.48. The molecule has 0 N–H and O–H groups in total. The quantitative estimate of drug-likeness (QED) is 0.786. The molecule has 114 valence electrons. The van der Waals surface area contributed by atoms with Crippen molar-refractivity contribution in [3.05, 3.63) is 29.8 Å². The number of hydrogen-bond donors (Lipinski definition) is 0. The van der Waals surface area contributed by atoms with Crippen LogP contribution in [0.4, 0.5) is 5.69 Å². The van der Waals surface area contributed by atoms with Crippen LogP contribution in [0.25, 0.3) is 0 Å². The minimum absolute atomic E-state index is 0.0137. The third-order valence-corrected chi connectivity index (χ3v) is 3.93. The van der Waals surface area contributed by atoms with Gasteiger partial charge < -0.3 is 4.74 Å². The average molecular weight is 289 g/mol. The molecular formula is C17H23NO3. The Bertz CT molecular complexity index is 528. The van der Waals surface area contributed by atoms with E-state index in [4.69, 9.17) is 4.74 Å². The van der Waals surface area contributed by atoms with Crippen molar-refractivity contribution in [2.24, 2.45) is 0 Å². The molecule has 4 heteroatoms. The third kappa shape index (κ3) is 3.26. The van der Waals surface area contributed by atoms with Gasteiger partial charge in [-0.1, -0.05) is 32.9 Å². The van der Waals surface area contributed by atoms with Crippen LogP contribution in [0.15, 0.2) is 24.3 Å². The second-order valence-corrected chi connectivity index (χ2v) is 6.49. The summed E-state index contributed by atoms with van der Waals surface area (Å²) in [4.78, 5) is 25.7. The van der Waals surface area contributed by atoms with Gasteiger partial charge in [0.1, 0.15) is 6.04 Å². The van der Waals surface area contributed by atoms with Gasteiger partial charge in [0.2, 0.25) is 5.91 Å². The van der Waals surface area contributed by atoms with Gasteiger partial charge in [0.25, 0.3) is 0 Å². The number of anilines is 1. The van der Waals surface area contributed by atoms with Crippen LogP contribution in [0.1, 0.15) is 45.6 Å². The van der Waals surface area contributed by atoms with Crippen molar-refractivity contribution in [1.29, 1.82) is 0 Å². The Morgan fingerprint density at radius 3 is 2.38 bits per heavy atom. The van der Waals surface area contributed by atoms with Crippen LogP contribution in [0.2, 0.25) is 0 Å². The largest absolute Gasteiger partial charge is 0.467 e. The molecule has 1 unspecified atom stereocenters. The van der Waals surface area contributed by atoms with Crippen molar-refractivity contribution in [3.8, 4) is 0 Å². The molecule has 1 amide bonds. The Morgan fingerprint density at radius 1 is 1.24 bits per heavy atom. The number of ether oxygens (including phenoxy) is 1. The van der Waals surface area contributed by atoms with E-state index in [1.807, 2.05) is 24.3 Å². The van der Waals surface area contributed by atoms with Crippen molar-refractivity contribution in [2.45, 2.75) is 51.5 Å². The fraction of sp³-hybridized carbons (Fsp3) is 0.529. The molecule has 0 aromatic heterocycles. The summed E-state index contributed by atoms with van der Waals surface area (Å²) in [6.07, 6.45) is 1.86. The third-order valence-electron chi connectivity index (χ3n) is 3.93. The van der Waals surface area contributed by atoms with E-state index in [9.17, 15) is 9.59 Å². The highest BCUT2D eigenvalue weighted by Crippen LogP contribution is 2.29. The molecule has 0 spiro atoms. The minimum atomic E-state index is -0.503. The fourth-order valence-corrected chi connectivity index (χ4v) is 2.68. The van der Waals surface area contributed by atoms with E-state index in [1.54, 1.807) is 4.90 Å². The van der Waals surface area contributed by atoms with Gasteiger partial charge in [0, 0.05) is 12.1 Å². The zero-order valence-corrected chi connectivity index (χ0v) is 13.2. The second kappa shape index (κ2) is 5.88. The highest BCUT2D eigenvalue weighted by Gasteiger charge is 2.35. The van der Waals surface area contributed by atoms with Crippen molar-refractivity contribution in [3.63, 3.8) is 0 Å². The maximum Gasteiger partial charge on any atom is 0.328 e. The minimum Gasteiger partial charge on any atom is -0.467 e. The number of benzene rings is 1. The van der Waals surface area contributed by atoms with Crippen LogP contribution in [0.5, 0.6) is 0 Å². The van der Waals surface area contributed by atoms with E-state index in [1.165, 1.54) is 12.7 Å². The van der Waals surface area contributed by atoms with Gasteiger partial charge in [-0.15, -0.1) is 0 Å². The molecule has 0 radical (unpaired) electrons. The highest BCUT2D eigenvalue weighted by molar-refractivity contribution is 6.00. The average Bonchev–Trinajstić information content (AvgIpc) is 2.45. The van der Waals surface area contributed by atoms with E-state index in [2.05, 4.69) is 20.8 Å². The Morgan fingerprint density at radius 2 is 1.86 bits per heavy atom. The van der Waals surface area contributed by atoms with E-state index < -0.39 is 6.04 Å². The van der Waals surface area contributed by atoms with Crippen LogP contribution in [0.3, 0.4) is 0 Å². The Labute approximate surface area is 126 Å². The van der Waals surface area contributed by atoms with Crippen LogP contribution in [0, 0.1) is 0 Å². The maximum absolute atomic E-state index is 12.2. The summed E-state index contributed by atoms with van der Waals surface area (Å²) in [5.74, 6) is -0.358. The molecule has 1 fully saturated rings. The van der Waals surface area contributed by atoms with Crippen molar-refractivity contribution in [2.75, 3.05) is 12.0 Å². The number of hydrogen-bond acceptors (Lipinski definition) is 3. The van der Waals surface area contributed by atoms with Gasteiger partial charge in [-0.25, -0.2) is 4.79 Å². The summed E-state index contributed by atoms with van der Waals surface area (Å²) in [5, 5.41) is 0. The molecule has 1 aromatic carbocycles. The van der Waals surface area contributed by atoms with Crippen molar-refractivity contribution < 1.29 is 14.3 Å².